The number of benzene rings is 1. The number of imidazole rings is 1. The van der Waals surface area contributed by atoms with Crippen LogP contribution in [0.3, 0.4) is 0 Å². The van der Waals surface area contributed by atoms with Crippen LogP contribution in [-0.4, -0.2) is 46.8 Å². The summed E-state index contributed by atoms with van der Waals surface area (Å²) >= 11 is 3.00. The maximum absolute atomic E-state index is 13.4. The fourth-order valence-electron chi connectivity index (χ4n) is 2.88. The average Bonchev–Trinajstić information content (AvgIpc) is 3.29. The van der Waals surface area contributed by atoms with Gasteiger partial charge in [0.1, 0.15) is 0 Å². The highest BCUT2D eigenvalue weighted by Gasteiger charge is 2.26. The molecule has 27 heavy (non-hydrogen) atoms. The number of fused-ring (bicyclic) bond motifs is 2. The summed E-state index contributed by atoms with van der Waals surface area (Å²) in [5.74, 6) is -0.171. The molecule has 1 aromatic carbocycles. The Morgan fingerprint density at radius 2 is 2.04 bits per heavy atom. The highest BCUT2D eigenvalue weighted by atomic mass is 32.2. The molecule has 0 unspecified atom stereocenters. The van der Waals surface area contributed by atoms with E-state index >= 15 is 0 Å². The summed E-state index contributed by atoms with van der Waals surface area (Å²) in [6.45, 7) is 0.832. The number of thioether (sulfide) groups is 1. The summed E-state index contributed by atoms with van der Waals surface area (Å²) in [5.41, 5.74) is 2.10. The van der Waals surface area contributed by atoms with Crippen LogP contribution in [0.5, 0.6) is 0 Å². The van der Waals surface area contributed by atoms with E-state index in [9.17, 15) is 4.79 Å². The summed E-state index contributed by atoms with van der Waals surface area (Å²) in [6, 6.07) is 13.6. The molecule has 0 aliphatic rings. The Kier molecular flexibility index (Phi) is 5.11. The third-order valence-corrected chi connectivity index (χ3v) is 5.89. The number of amides is 1. The number of thiazole rings is 1. The first-order valence-electron chi connectivity index (χ1n) is 8.40. The van der Waals surface area contributed by atoms with Gasteiger partial charge in [-0.2, -0.15) is 0 Å². The van der Waals surface area contributed by atoms with Gasteiger partial charge in [0, 0.05) is 13.3 Å². The molecule has 8 heteroatoms. The van der Waals surface area contributed by atoms with Gasteiger partial charge >= 0.3 is 0 Å². The number of carbonyl (C=O) groups is 1. The van der Waals surface area contributed by atoms with E-state index in [4.69, 9.17) is 4.74 Å². The summed E-state index contributed by atoms with van der Waals surface area (Å²) in [7, 11) is 1.62. The van der Waals surface area contributed by atoms with Gasteiger partial charge in [-0.25, -0.2) is 9.97 Å². The third kappa shape index (κ3) is 3.31. The van der Waals surface area contributed by atoms with Crippen LogP contribution in [0.15, 0.2) is 53.8 Å². The Labute approximate surface area is 164 Å². The molecule has 0 saturated heterocycles. The molecule has 0 N–H and O–H groups in total. The number of hydrogen-bond donors (Lipinski definition) is 0. The minimum absolute atomic E-state index is 0.171. The molecule has 0 atom stereocenters. The lowest BCUT2D eigenvalue weighted by Crippen LogP contribution is -2.34. The summed E-state index contributed by atoms with van der Waals surface area (Å²) in [5, 5.41) is 1.44. The van der Waals surface area contributed by atoms with Crippen molar-refractivity contribution in [2.45, 2.75) is 5.16 Å². The predicted octanol–water partition coefficient (Wildman–Crippen LogP) is 3.96. The minimum Gasteiger partial charge on any atom is -0.383 e. The van der Waals surface area contributed by atoms with Gasteiger partial charge in [-0.05, 0) is 30.5 Å². The number of nitrogens with zero attached hydrogens (tertiary/aromatic N) is 4. The second kappa shape index (κ2) is 7.67. The molecule has 3 aromatic heterocycles. The molecule has 0 spiro atoms. The SMILES string of the molecule is COCCN(C(=O)c1nc(SC)n2ccccc12)c1nc2ccccc2s1. The molecule has 0 bridgehead atoms. The second-order valence-electron chi connectivity index (χ2n) is 5.82. The van der Waals surface area contributed by atoms with E-state index in [2.05, 4.69) is 9.97 Å². The molecule has 0 fully saturated rings. The Morgan fingerprint density at radius 3 is 2.81 bits per heavy atom. The van der Waals surface area contributed by atoms with Gasteiger partial charge in [0.25, 0.3) is 5.91 Å². The van der Waals surface area contributed by atoms with Crippen molar-refractivity contribution in [2.24, 2.45) is 0 Å². The fourth-order valence-corrected chi connectivity index (χ4v) is 4.41. The average molecular weight is 399 g/mol. The smallest absolute Gasteiger partial charge is 0.281 e. The van der Waals surface area contributed by atoms with Crippen molar-refractivity contribution < 1.29 is 9.53 Å². The van der Waals surface area contributed by atoms with E-state index in [1.54, 1.807) is 12.0 Å². The van der Waals surface area contributed by atoms with Crippen LogP contribution in [0.1, 0.15) is 10.5 Å². The van der Waals surface area contributed by atoms with Crippen molar-refractivity contribution in [3.63, 3.8) is 0 Å². The molecule has 3 heterocycles. The van der Waals surface area contributed by atoms with Crippen LogP contribution < -0.4 is 4.90 Å². The molecule has 6 nitrogen and oxygen atoms in total. The number of methoxy groups -OCH3 is 1. The van der Waals surface area contributed by atoms with Crippen LogP contribution in [0.2, 0.25) is 0 Å². The van der Waals surface area contributed by atoms with E-state index in [0.717, 1.165) is 20.9 Å². The largest absolute Gasteiger partial charge is 0.383 e. The number of pyridine rings is 1. The number of aromatic nitrogens is 3. The highest BCUT2D eigenvalue weighted by molar-refractivity contribution is 7.98. The van der Waals surface area contributed by atoms with E-state index in [-0.39, 0.29) is 5.91 Å². The van der Waals surface area contributed by atoms with Crippen LogP contribution in [-0.2, 0) is 4.74 Å². The topological polar surface area (TPSA) is 59.7 Å². The number of rotatable bonds is 6. The zero-order valence-corrected chi connectivity index (χ0v) is 16.6. The van der Waals surface area contributed by atoms with Crippen molar-refractivity contribution >= 4 is 49.9 Å². The zero-order valence-electron chi connectivity index (χ0n) is 15.0. The van der Waals surface area contributed by atoms with Gasteiger partial charge in [0.05, 0.1) is 28.9 Å². The Bertz CT molecular complexity index is 1070. The lowest BCUT2D eigenvalue weighted by Gasteiger charge is -2.18. The van der Waals surface area contributed by atoms with E-state index in [1.165, 1.54) is 23.1 Å². The van der Waals surface area contributed by atoms with E-state index < -0.39 is 0 Å². The number of hydrogen-bond acceptors (Lipinski definition) is 6. The number of anilines is 1. The standard InChI is InChI=1S/C19H18N4O2S2/c1-25-12-11-23(19-20-13-7-3-4-9-15(13)27-19)17(24)16-14-8-5-6-10-22(14)18(21-16)26-2/h3-10H,11-12H2,1-2H3. The first-order valence-corrected chi connectivity index (χ1v) is 10.4. The Balaban J connectivity index is 1.79. The van der Waals surface area contributed by atoms with Crippen LogP contribution in [0, 0.1) is 0 Å². The molecular formula is C19H18N4O2S2. The maximum atomic E-state index is 13.4. The molecule has 4 rings (SSSR count). The monoisotopic (exact) mass is 398 g/mol. The lowest BCUT2D eigenvalue weighted by molar-refractivity contribution is 0.0973. The zero-order chi connectivity index (χ0) is 18.8. The summed E-state index contributed by atoms with van der Waals surface area (Å²) in [4.78, 5) is 24.3. The lowest BCUT2D eigenvalue weighted by atomic mass is 10.3. The summed E-state index contributed by atoms with van der Waals surface area (Å²) < 4.78 is 8.20. The van der Waals surface area contributed by atoms with Gasteiger partial charge in [-0.1, -0.05) is 41.3 Å². The Morgan fingerprint density at radius 1 is 1.22 bits per heavy atom. The van der Waals surface area contributed by atoms with Gasteiger partial charge in [-0.15, -0.1) is 0 Å². The van der Waals surface area contributed by atoms with Gasteiger partial charge in [0.15, 0.2) is 16.0 Å². The van der Waals surface area contributed by atoms with Crippen molar-refractivity contribution in [2.75, 3.05) is 31.4 Å². The molecule has 0 aliphatic heterocycles. The first-order chi connectivity index (χ1) is 13.2. The molecule has 1 amide bonds. The van der Waals surface area contributed by atoms with Crippen LogP contribution in [0.4, 0.5) is 5.13 Å². The van der Waals surface area contributed by atoms with Gasteiger partial charge < -0.3 is 4.74 Å². The first kappa shape index (κ1) is 18.0. The molecule has 138 valence electrons. The van der Waals surface area contributed by atoms with Gasteiger partial charge in [0.2, 0.25) is 0 Å². The quantitative estimate of drug-likeness (QED) is 0.460. The van der Waals surface area contributed by atoms with Crippen molar-refractivity contribution in [3.05, 3.63) is 54.4 Å². The van der Waals surface area contributed by atoms with Crippen molar-refractivity contribution in [3.8, 4) is 0 Å². The number of para-hydroxylation sites is 1. The third-order valence-electron chi connectivity index (χ3n) is 4.18. The fraction of sp³-hybridized carbons (Fsp3) is 0.211. The van der Waals surface area contributed by atoms with Crippen LogP contribution in [0.25, 0.3) is 15.7 Å². The van der Waals surface area contributed by atoms with Crippen molar-refractivity contribution in [1.82, 2.24) is 14.4 Å². The minimum atomic E-state index is -0.171. The predicted molar refractivity (Wildman–Crippen MR) is 110 cm³/mol. The molecule has 0 saturated carbocycles. The number of ether oxygens (including phenoxy) is 1. The van der Waals surface area contributed by atoms with E-state index in [1.807, 2.05) is 59.3 Å². The Hall–Kier alpha value is -2.42. The second-order valence-corrected chi connectivity index (χ2v) is 7.60. The normalized spacial score (nSPS) is 11.3. The molecular weight excluding hydrogens is 380 g/mol. The van der Waals surface area contributed by atoms with Crippen molar-refractivity contribution in [1.29, 1.82) is 0 Å². The van der Waals surface area contributed by atoms with E-state index in [0.29, 0.717) is 24.0 Å². The summed E-state index contributed by atoms with van der Waals surface area (Å²) in [6.07, 6.45) is 3.87. The van der Waals surface area contributed by atoms with Gasteiger partial charge in [-0.3, -0.25) is 14.1 Å². The maximum Gasteiger partial charge on any atom is 0.281 e. The molecule has 4 aromatic rings. The number of carbonyl (C=O) groups excluding carboxylic acids is 1. The molecule has 0 aliphatic carbocycles. The van der Waals surface area contributed by atoms with Crippen LogP contribution >= 0.6 is 23.1 Å². The highest BCUT2D eigenvalue weighted by Crippen LogP contribution is 2.30. The molecule has 0 radical (unpaired) electrons.